The molecule has 7 heteroatoms. The molecule has 2 aromatic carbocycles. The molecular weight excluding hydrogens is 366 g/mol. The number of benzene rings is 2. The highest BCUT2D eigenvalue weighted by molar-refractivity contribution is 6.32. The van der Waals surface area contributed by atoms with Crippen LogP contribution in [0.4, 0.5) is 0 Å². The van der Waals surface area contributed by atoms with Gasteiger partial charge < -0.3 is 19.7 Å². The number of aryl methyl sites for hydroxylation is 1. The summed E-state index contributed by atoms with van der Waals surface area (Å²) in [6.07, 6.45) is 3.15. The highest BCUT2D eigenvalue weighted by atomic mass is 35.5. The Kier molecular flexibility index (Phi) is 4.02. The van der Waals surface area contributed by atoms with Crippen molar-refractivity contribution in [3.8, 4) is 34.3 Å². The quantitative estimate of drug-likeness (QED) is 0.715. The van der Waals surface area contributed by atoms with Crippen molar-refractivity contribution in [2.75, 3.05) is 13.2 Å². The molecule has 6 nitrogen and oxygen atoms in total. The zero-order valence-electron chi connectivity index (χ0n) is 14.6. The number of aromatic nitrogens is 2. The van der Waals surface area contributed by atoms with Gasteiger partial charge in [-0.2, -0.15) is 4.98 Å². The lowest BCUT2D eigenvalue weighted by atomic mass is 9.87. The molecule has 0 fully saturated rings. The largest absolute Gasteiger partial charge is 0.486 e. The molecular formula is C20H18ClN3O3. The molecule has 1 aliphatic carbocycles. The van der Waals surface area contributed by atoms with Crippen molar-refractivity contribution in [3.63, 3.8) is 0 Å². The molecule has 2 heterocycles. The van der Waals surface area contributed by atoms with E-state index in [-0.39, 0.29) is 6.04 Å². The Morgan fingerprint density at radius 3 is 2.89 bits per heavy atom. The number of nitrogens with two attached hydrogens (primary N) is 1. The molecule has 1 aliphatic heterocycles. The fraction of sp³-hybridized carbons (Fsp3) is 0.300. The monoisotopic (exact) mass is 383 g/mol. The van der Waals surface area contributed by atoms with Crippen LogP contribution in [-0.2, 0) is 6.42 Å². The lowest BCUT2D eigenvalue weighted by Crippen LogP contribution is -2.17. The van der Waals surface area contributed by atoms with E-state index in [0.29, 0.717) is 41.5 Å². The number of fused-ring (bicyclic) bond motifs is 2. The second kappa shape index (κ2) is 6.55. The molecule has 0 radical (unpaired) electrons. The smallest absolute Gasteiger partial charge is 0.258 e. The number of ether oxygens (including phenoxy) is 2. The minimum Gasteiger partial charge on any atom is -0.486 e. The summed E-state index contributed by atoms with van der Waals surface area (Å²) in [7, 11) is 0. The van der Waals surface area contributed by atoms with Crippen molar-refractivity contribution < 1.29 is 14.0 Å². The van der Waals surface area contributed by atoms with Crippen LogP contribution in [0.5, 0.6) is 11.5 Å². The molecule has 138 valence electrons. The Labute approximate surface area is 161 Å². The van der Waals surface area contributed by atoms with Crippen LogP contribution in [0.2, 0.25) is 5.02 Å². The number of nitrogens with zero attached hydrogens (tertiary/aromatic N) is 2. The van der Waals surface area contributed by atoms with E-state index in [1.807, 2.05) is 12.1 Å². The van der Waals surface area contributed by atoms with Crippen molar-refractivity contribution in [1.29, 1.82) is 0 Å². The predicted molar refractivity (Wildman–Crippen MR) is 101 cm³/mol. The fourth-order valence-electron chi connectivity index (χ4n) is 3.68. The van der Waals surface area contributed by atoms with Gasteiger partial charge in [-0.25, -0.2) is 0 Å². The zero-order chi connectivity index (χ0) is 18.4. The lowest BCUT2D eigenvalue weighted by molar-refractivity contribution is 0.172. The van der Waals surface area contributed by atoms with Crippen LogP contribution in [0.3, 0.4) is 0 Å². The van der Waals surface area contributed by atoms with Crippen molar-refractivity contribution in [2.24, 2.45) is 5.73 Å². The number of hydrogen-bond donors (Lipinski definition) is 1. The molecule has 0 amide bonds. The summed E-state index contributed by atoms with van der Waals surface area (Å²) in [6, 6.07) is 9.84. The van der Waals surface area contributed by atoms with E-state index < -0.39 is 0 Å². The molecule has 2 aliphatic rings. The maximum atomic E-state index is 6.31. The molecule has 27 heavy (non-hydrogen) atoms. The third-order valence-corrected chi connectivity index (χ3v) is 5.31. The summed E-state index contributed by atoms with van der Waals surface area (Å²) in [5.74, 6) is 2.08. The van der Waals surface area contributed by atoms with Gasteiger partial charge in [0.05, 0.1) is 5.02 Å². The highest BCUT2D eigenvalue weighted by Gasteiger charge is 2.21. The predicted octanol–water partition coefficient (Wildman–Crippen LogP) is 4.16. The summed E-state index contributed by atoms with van der Waals surface area (Å²) in [6.45, 7) is 0.974. The molecule has 1 unspecified atom stereocenters. The number of hydrogen-bond acceptors (Lipinski definition) is 6. The highest BCUT2D eigenvalue weighted by Crippen LogP contribution is 2.41. The van der Waals surface area contributed by atoms with Gasteiger partial charge in [0.2, 0.25) is 5.82 Å². The Balaban J connectivity index is 1.49. The summed E-state index contributed by atoms with van der Waals surface area (Å²) in [5, 5.41) is 4.58. The fourth-order valence-corrected chi connectivity index (χ4v) is 3.95. The van der Waals surface area contributed by atoms with Crippen LogP contribution in [0, 0.1) is 0 Å². The number of halogens is 1. The average molecular weight is 384 g/mol. The Hall–Kier alpha value is -2.57. The first-order valence-corrected chi connectivity index (χ1v) is 9.39. The normalized spacial score (nSPS) is 18.2. The molecule has 0 bridgehead atoms. The van der Waals surface area contributed by atoms with Gasteiger partial charge in [0.15, 0.2) is 11.5 Å². The van der Waals surface area contributed by atoms with Gasteiger partial charge in [0.1, 0.15) is 13.2 Å². The molecule has 0 saturated heterocycles. The van der Waals surface area contributed by atoms with E-state index in [9.17, 15) is 0 Å². The van der Waals surface area contributed by atoms with E-state index in [1.165, 1.54) is 11.1 Å². The van der Waals surface area contributed by atoms with Gasteiger partial charge in [0, 0.05) is 17.2 Å². The van der Waals surface area contributed by atoms with Crippen molar-refractivity contribution in [1.82, 2.24) is 10.1 Å². The molecule has 1 atom stereocenters. The topological polar surface area (TPSA) is 83.4 Å². The van der Waals surface area contributed by atoms with Gasteiger partial charge >= 0.3 is 0 Å². The molecule has 3 aromatic rings. The van der Waals surface area contributed by atoms with Crippen LogP contribution in [-0.4, -0.2) is 23.4 Å². The minimum atomic E-state index is 0.112. The van der Waals surface area contributed by atoms with E-state index >= 15 is 0 Å². The summed E-state index contributed by atoms with van der Waals surface area (Å²) in [5.41, 5.74) is 10.3. The van der Waals surface area contributed by atoms with Crippen molar-refractivity contribution in [3.05, 3.63) is 46.5 Å². The van der Waals surface area contributed by atoms with Gasteiger partial charge in [-0.3, -0.25) is 0 Å². The first kappa shape index (κ1) is 16.6. The van der Waals surface area contributed by atoms with Gasteiger partial charge in [-0.15, -0.1) is 0 Å². The van der Waals surface area contributed by atoms with Crippen LogP contribution in [0.25, 0.3) is 22.8 Å². The van der Waals surface area contributed by atoms with Gasteiger partial charge in [-0.05, 0) is 54.7 Å². The average Bonchev–Trinajstić information content (AvgIpc) is 3.18. The van der Waals surface area contributed by atoms with E-state index in [0.717, 1.165) is 30.4 Å². The second-order valence-corrected chi connectivity index (χ2v) is 7.22. The van der Waals surface area contributed by atoms with Gasteiger partial charge in [-0.1, -0.05) is 22.8 Å². The first-order valence-electron chi connectivity index (χ1n) is 9.01. The molecule has 0 saturated carbocycles. The maximum Gasteiger partial charge on any atom is 0.258 e. The Morgan fingerprint density at radius 1 is 1.07 bits per heavy atom. The minimum absolute atomic E-state index is 0.112. The first-order chi connectivity index (χ1) is 13.2. The van der Waals surface area contributed by atoms with Crippen molar-refractivity contribution >= 4 is 11.6 Å². The van der Waals surface area contributed by atoms with Crippen molar-refractivity contribution in [2.45, 2.75) is 25.3 Å². The lowest BCUT2D eigenvalue weighted by Gasteiger charge is -2.22. The van der Waals surface area contributed by atoms with Crippen LogP contribution in [0.1, 0.15) is 30.0 Å². The summed E-state index contributed by atoms with van der Waals surface area (Å²) < 4.78 is 16.7. The van der Waals surface area contributed by atoms with Gasteiger partial charge in [0.25, 0.3) is 5.89 Å². The number of rotatable bonds is 2. The molecule has 5 rings (SSSR count). The summed E-state index contributed by atoms with van der Waals surface area (Å²) in [4.78, 5) is 4.54. The third-order valence-electron chi connectivity index (χ3n) is 5.03. The standard InChI is InChI=1S/C20H18ClN3O3/c21-15-9-13(10-17-18(15)26-7-6-25-17)19-23-20(27-24-19)12-4-5-14-11(8-12)2-1-3-16(14)22/h4-5,8-10,16H,1-3,6-7,22H2. The van der Waals surface area contributed by atoms with E-state index in [2.05, 4.69) is 22.3 Å². The van der Waals surface area contributed by atoms with E-state index in [4.69, 9.17) is 31.3 Å². The maximum absolute atomic E-state index is 6.31. The van der Waals surface area contributed by atoms with Crippen LogP contribution >= 0.6 is 11.6 Å². The Morgan fingerprint density at radius 2 is 1.96 bits per heavy atom. The Bertz CT molecular complexity index is 1020. The summed E-state index contributed by atoms with van der Waals surface area (Å²) >= 11 is 6.31. The molecule has 2 N–H and O–H groups in total. The van der Waals surface area contributed by atoms with Crippen LogP contribution < -0.4 is 15.2 Å². The SMILES string of the molecule is NC1CCCc2cc(-c3nc(-c4cc(Cl)c5c(c4)OCCO5)no3)ccc21. The zero-order valence-corrected chi connectivity index (χ0v) is 15.3. The van der Waals surface area contributed by atoms with E-state index in [1.54, 1.807) is 6.07 Å². The third kappa shape index (κ3) is 2.95. The molecule has 0 spiro atoms. The molecule has 1 aromatic heterocycles. The van der Waals surface area contributed by atoms with Crippen LogP contribution in [0.15, 0.2) is 34.9 Å². The second-order valence-electron chi connectivity index (χ2n) is 6.82.